The van der Waals surface area contributed by atoms with Crippen molar-refractivity contribution in [2.75, 3.05) is 19.7 Å². The van der Waals surface area contributed by atoms with Gasteiger partial charge < -0.3 is 15.3 Å². The highest BCUT2D eigenvalue weighted by Crippen LogP contribution is 2.21. The first-order chi connectivity index (χ1) is 7.11. The van der Waals surface area contributed by atoms with Gasteiger partial charge in [-0.2, -0.15) is 0 Å². The zero-order chi connectivity index (χ0) is 11.4. The minimum Gasteiger partial charge on any atom is -0.395 e. The SMILES string of the molecule is C=C1CN(CCCC)[C@@H](CO)[C@H](O)[C@@H]1O. The summed E-state index contributed by atoms with van der Waals surface area (Å²) in [6, 6.07) is -0.364. The van der Waals surface area contributed by atoms with Gasteiger partial charge in [-0.15, -0.1) is 0 Å². The molecule has 4 heteroatoms. The van der Waals surface area contributed by atoms with E-state index >= 15 is 0 Å². The normalized spacial score (nSPS) is 33.3. The fourth-order valence-corrected chi connectivity index (χ4v) is 1.97. The lowest BCUT2D eigenvalue weighted by Gasteiger charge is -2.41. The van der Waals surface area contributed by atoms with Crippen LogP contribution in [0.2, 0.25) is 0 Å². The second-order valence-electron chi connectivity index (χ2n) is 4.17. The van der Waals surface area contributed by atoms with E-state index in [1.807, 2.05) is 4.90 Å². The van der Waals surface area contributed by atoms with E-state index in [9.17, 15) is 15.3 Å². The maximum atomic E-state index is 9.77. The van der Waals surface area contributed by atoms with Crippen LogP contribution in [0, 0.1) is 0 Å². The Morgan fingerprint density at radius 2 is 2.13 bits per heavy atom. The molecule has 1 fully saturated rings. The minimum absolute atomic E-state index is 0.130. The zero-order valence-corrected chi connectivity index (χ0v) is 9.26. The molecule has 4 nitrogen and oxygen atoms in total. The summed E-state index contributed by atoms with van der Waals surface area (Å²) in [4.78, 5) is 1.99. The Labute approximate surface area is 90.8 Å². The standard InChI is InChI=1S/C11H21NO3/c1-3-4-5-12-6-8(2)10(14)11(15)9(12)7-13/h9-11,13-15H,2-7H2,1H3/t9-,10+,11-/m0/s1. The molecule has 0 amide bonds. The first-order valence-corrected chi connectivity index (χ1v) is 5.50. The molecule has 3 atom stereocenters. The quantitative estimate of drug-likeness (QED) is 0.565. The van der Waals surface area contributed by atoms with Crippen molar-refractivity contribution in [3.63, 3.8) is 0 Å². The smallest absolute Gasteiger partial charge is 0.103 e. The van der Waals surface area contributed by atoms with Crippen molar-refractivity contribution in [1.29, 1.82) is 0 Å². The highest BCUT2D eigenvalue weighted by molar-refractivity contribution is 5.13. The number of piperidine rings is 1. The molecule has 1 saturated heterocycles. The van der Waals surface area contributed by atoms with Gasteiger partial charge in [-0.1, -0.05) is 19.9 Å². The van der Waals surface area contributed by atoms with Crippen LogP contribution in [0.4, 0.5) is 0 Å². The summed E-state index contributed by atoms with van der Waals surface area (Å²) in [5, 5.41) is 28.6. The Hall–Kier alpha value is -0.420. The molecule has 0 saturated carbocycles. The molecule has 1 aliphatic rings. The highest BCUT2D eigenvalue weighted by Gasteiger charge is 2.37. The van der Waals surface area contributed by atoms with Crippen LogP contribution in [0.25, 0.3) is 0 Å². The van der Waals surface area contributed by atoms with Crippen molar-refractivity contribution in [2.45, 2.75) is 38.0 Å². The van der Waals surface area contributed by atoms with E-state index in [2.05, 4.69) is 13.5 Å². The average Bonchev–Trinajstić information content (AvgIpc) is 2.23. The van der Waals surface area contributed by atoms with Gasteiger partial charge in [0, 0.05) is 6.54 Å². The summed E-state index contributed by atoms with van der Waals surface area (Å²) >= 11 is 0. The number of unbranched alkanes of at least 4 members (excludes halogenated alkanes) is 1. The topological polar surface area (TPSA) is 63.9 Å². The third-order valence-corrected chi connectivity index (χ3v) is 3.00. The molecule has 0 bridgehead atoms. The molecular formula is C11H21NO3. The van der Waals surface area contributed by atoms with Gasteiger partial charge in [0.25, 0.3) is 0 Å². The molecule has 15 heavy (non-hydrogen) atoms. The van der Waals surface area contributed by atoms with Crippen LogP contribution in [0.1, 0.15) is 19.8 Å². The van der Waals surface area contributed by atoms with E-state index in [-0.39, 0.29) is 12.6 Å². The number of nitrogens with zero attached hydrogens (tertiary/aromatic N) is 1. The van der Waals surface area contributed by atoms with E-state index in [1.165, 1.54) is 0 Å². The third-order valence-electron chi connectivity index (χ3n) is 3.00. The second-order valence-corrected chi connectivity index (χ2v) is 4.17. The summed E-state index contributed by atoms with van der Waals surface area (Å²) < 4.78 is 0. The Kier molecular flexibility index (Phi) is 4.73. The van der Waals surface area contributed by atoms with E-state index in [4.69, 9.17) is 0 Å². The summed E-state index contributed by atoms with van der Waals surface area (Å²) in [6.45, 7) is 7.09. The summed E-state index contributed by atoms with van der Waals surface area (Å²) in [6.07, 6.45) is 0.264. The average molecular weight is 215 g/mol. The monoisotopic (exact) mass is 215 g/mol. The van der Waals surface area contributed by atoms with Crippen molar-refractivity contribution in [3.05, 3.63) is 12.2 Å². The maximum absolute atomic E-state index is 9.77. The molecule has 1 aliphatic heterocycles. The number of hydrogen-bond acceptors (Lipinski definition) is 4. The lowest BCUT2D eigenvalue weighted by molar-refractivity contribution is -0.0632. The van der Waals surface area contributed by atoms with Crippen molar-refractivity contribution >= 4 is 0 Å². The van der Waals surface area contributed by atoms with Gasteiger partial charge in [-0.3, -0.25) is 4.90 Å². The Morgan fingerprint density at radius 1 is 1.47 bits per heavy atom. The predicted molar refractivity (Wildman–Crippen MR) is 58.5 cm³/mol. The van der Waals surface area contributed by atoms with E-state index < -0.39 is 12.2 Å². The molecule has 0 unspecified atom stereocenters. The van der Waals surface area contributed by atoms with Gasteiger partial charge in [-0.25, -0.2) is 0 Å². The number of rotatable bonds is 4. The van der Waals surface area contributed by atoms with Crippen molar-refractivity contribution in [2.24, 2.45) is 0 Å². The van der Waals surface area contributed by atoms with Crippen molar-refractivity contribution in [3.8, 4) is 0 Å². The van der Waals surface area contributed by atoms with Crippen LogP contribution in [0.5, 0.6) is 0 Å². The van der Waals surface area contributed by atoms with E-state index in [0.29, 0.717) is 12.1 Å². The van der Waals surface area contributed by atoms with E-state index in [1.54, 1.807) is 0 Å². The third kappa shape index (κ3) is 2.78. The Morgan fingerprint density at radius 3 is 2.67 bits per heavy atom. The molecular weight excluding hydrogens is 194 g/mol. The first kappa shape index (κ1) is 12.6. The molecule has 0 aromatic rings. The van der Waals surface area contributed by atoms with Gasteiger partial charge in [-0.05, 0) is 18.5 Å². The second kappa shape index (κ2) is 5.61. The Bertz CT molecular complexity index is 220. The van der Waals surface area contributed by atoms with E-state index in [0.717, 1.165) is 19.4 Å². The molecule has 3 N–H and O–H groups in total. The maximum Gasteiger partial charge on any atom is 0.103 e. The summed E-state index contributed by atoms with van der Waals surface area (Å²) in [5.74, 6) is 0. The first-order valence-electron chi connectivity index (χ1n) is 5.50. The molecule has 1 heterocycles. The Balaban J connectivity index is 2.64. The fourth-order valence-electron chi connectivity index (χ4n) is 1.97. The summed E-state index contributed by atoms with van der Waals surface area (Å²) in [7, 11) is 0. The van der Waals surface area contributed by atoms with Gasteiger partial charge in [0.05, 0.1) is 12.6 Å². The number of hydrogen-bond donors (Lipinski definition) is 3. The van der Waals surface area contributed by atoms with Crippen LogP contribution in [-0.4, -0.2) is 58.2 Å². The van der Waals surface area contributed by atoms with Crippen LogP contribution in [-0.2, 0) is 0 Å². The molecule has 0 aromatic heterocycles. The minimum atomic E-state index is -0.923. The molecule has 0 aliphatic carbocycles. The molecule has 88 valence electrons. The largest absolute Gasteiger partial charge is 0.395 e. The van der Waals surface area contributed by atoms with Crippen LogP contribution in [0.15, 0.2) is 12.2 Å². The lowest BCUT2D eigenvalue weighted by Crippen LogP contribution is -2.57. The molecule has 0 spiro atoms. The van der Waals surface area contributed by atoms with Gasteiger partial charge in [0.2, 0.25) is 0 Å². The number of aliphatic hydroxyl groups excluding tert-OH is 3. The fraction of sp³-hybridized carbons (Fsp3) is 0.818. The van der Waals surface area contributed by atoms with Gasteiger partial charge in [0.15, 0.2) is 0 Å². The van der Waals surface area contributed by atoms with Crippen LogP contribution >= 0.6 is 0 Å². The number of aliphatic hydroxyl groups is 3. The van der Waals surface area contributed by atoms with Gasteiger partial charge >= 0.3 is 0 Å². The summed E-state index contributed by atoms with van der Waals surface area (Å²) in [5.41, 5.74) is 0.628. The number of likely N-dealkylation sites (tertiary alicyclic amines) is 1. The van der Waals surface area contributed by atoms with Crippen molar-refractivity contribution < 1.29 is 15.3 Å². The highest BCUT2D eigenvalue weighted by atomic mass is 16.3. The molecule has 0 aromatic carbocycles. The zero-order valence-electron chi connectivity index (χ0n) is 9.26. The van der Waals surface area contributed by atoms with Crippen molar-refractivity contribution in [1.82, 2.24) is 4.90 Å². The van der Waals surface area contributed by atoms with Crippen LogP contribution in [0.3, 0.4) is 0 Å². The lowest BCUT2D eigenvalue weighted by atomic mass is 9.93. The van der Waals surface area contributed by atoms with Crippen LogP contribution < -0.4 is 0 Å². The predicted octanol–water partition coefficient (Wildman–Crippen LogP) is -0.259. The molecule has 0 radical (unpaired) electrons. The van der Waals surface area contributed by atoms with Gasteiger partial charge in [0.1, 0.15) is 12.2 Å². The molecule has 1 rings (SSSR count).